The molecule has 7 nitrogen and oxygen atoms in total. The number of rotatable bonds is 6. The monoisotopic (exact) mass is 509 g/mol. The topological polar surface area (TPSA) is 87.7 Å². The standard InChI is InChI=1S/C26H21Cl2N3O4/c1-14-10-15(2)12-19(11-14)31-25(33)22(28)23(26(31)34)29-18-7-4-16(5-8-18)24(32)30-20-13-17(27)6-9-21(20)35-3/h4-13,29H,1-3H3,(H,30,32). The largest absolute Gasteiger partial charge is 0.495 e. The Hall–Kier alpha value is -3.81. The molecule has 178 valence electrons. The van der Waals surface area contributed by atoms with Crippen molar-refractivity contribution in [3.05, 3.63) is 93.1 Å². The van der Waals surface area contributed by atoms with Crippen LogP contribution in [0.2, 0.25) is 5.02 Å². The molecular formula is C26H21Cl2N3O4. The number of imide groups is 1. The Balaban J connectivity index is 1.50. The van der Waals surface area contributed by atoms with Gasteiger partial charge >= 0.3 is 0 Å². The smallest absolute Gasteiger partial charge is 0.283 e. The van der Waals surface area contributed by atoms with Crippen molar-refractivity contribution in [3.8, 4) is 5.75 Å². The fraction of sp³-hybridized carbons (Fsp3) is 0.115. The summed E-state index contributed by atoms with van der Waals surface area (Å²) in [5.41, 5.74) is 3.55. The number of amides is 3. The normalized spacial score (nSPS) is 13.3. The molecular weight excluding hydrogens is 489 g/mol. The van der Waals surface area contributed by atoms with Crippen LogP contribution in [0.5, 0.6) is 5.75 Å². The van der Waals surface area contributed by atoms with E-state index in [1.54, 1.807) is 54.6 Å². The second-order valence-corrected chi connectivity index (χ2v) is 8.80. The van der Waals surface area contributed by atoms with Crippen molar-refractivity contribution in [2.45, 2.75) is 13.8 Å². The quantitative estimate of drug-likeness (QED) is 0.419. The molecule has 3 aromatic rings. The van der Waals surface area contributed by atoms with Crippen LogP contribution < -0.4 is 20.3 Å². The molecule has 0 aromatic heterocycles. The molecule has 1 aliphatic rings. The van der Waals surface area contributed by atoms with Gasteiger partial charge in [0, 0.05) is 16.3 Å². The lowest BCUT2D eigenvalue weighted by Gasteiger charge is -2.16. The van der Waals surface area contributed by atoms with Gasteiger partial charge < -0.3 is 15.4 Å². The number of halogens is 2. The maximum atomic E-state index is 13.0. The summed E-state index contributed by atoms with van der Waals surface area (Å²) >= 11 is 12.2. The Kier molecular flexibility index (Phi) is 6.82. The summed E-state index contributed by atoms with van der Waals surface area (Å²) in [4.78, 5) is 39.5. The minimum atomic E-state index is -0.601. The lowest BCUT2D eigenvalue weighted by Crippen LogP contribution is -2.32. The summed E-state index contributed by atoms with van der Waals surface area (Å²) in [6.45, 7) is 3.77. The van der Waals surface area contributed by atoms with Crippen molar-refractivity contribution in [2.24, 2.45) is 0 Å². The molecule has 35 heavy (non-hydrogen) atoms. The number of methoxy groups -OCH3 is 1. The first-order valence-corrected chi connectivity index (χ1v) is 11.3. The molecule has 1 aliphatic heterocycles. The number of ether oxygens (including phenoxy) is 1. The second-order valence-electron chi connectivity index (χ2n) is 7.98. The van der Waals surface area contributed by atoms with Gasteiger partial charge in [-0.25, -0.2) is 4.90 Å². The van der Waals surface area contributed by atoms with Crippen LogP contribution in [-0.2, 0) is 9.59 Å². The van der Waals surface area contributed by atoms with Gasteiger partial charge in [-0.2, -0.15) is 0 Å². The van der Waals surface area contributed by atoms with E-state index < -0.39 is 11.8 Å². The highest BCUT2D eigenvalue weighted by Gasteiger charge is 2.39. The van der Waals surface area contributed by atoms with Gasteiger partial charge in [-0.3, -0.25) is 14.4 Å². The summed E-state index contributed by atoms with van der Waals surface area (Å²) in [6, 6.07) is 16.7. The van der Waals surface area contributed by atoms with Crippen LogP contribution >= 0.6 is 23.2 Å². The van der Waals surface area contributed by atoms with Gasteiger partial charge in [0.1, 0.15) is 16.5 Å². The maximum absolute atomic E-state index is 13.0. The Labute approximate surface area is 212 Å². The van der Waals surface area contributed by atoms with Gasteiger partial charge in [-0.05, 0) is 79.6 Å². The number of aryl methyl sites for hydroxylation is 2. The fourth-order valence-electron chi connectivity index (χ4n) is 3.75. The van der Waals surface area contributed by atoms with Crippen LogP contribution in [0.3, 0.4) is 0 Å². The summed E-state index contributed by atoms with van der Waals surface area (Å²) in [6.07, 6.45) is 0. The highest BCUT2D eigenvalue weighted by atomic mass is 35.5. The molecule has 1 heterocycles. The van der Waals surface area contributed by atoms with Crippen LogP contribution in [0.4, 0.5) is 17.1 Å². The van der Waals surface area contributed by atoms with Crippen LogP contribution in [-0.4, -0.2) is 24.8 Å². The zero-order valence-corrected chi connectivity index (χ0v) is 20.6. The molecule has 0 fully saturated rings. The molecule has 0 spiro atoms. The van der Waals surface area contributed by atoms with Gasteiger partial charge in [-0.15, -0.1) is 0 Å². The Bertz CT molecular complexity index is 1360. The number of carbonyl (C=O) groups excluding carboxylic acids is 3. The minimum absolute atomic E-state index is 0.0308. The molecule has 0 atom stereocenters. The van der Waals surface area contributed by atoms with Crippen molar-refractivity contribution < 1.29 is 19.1 Å². The minimum Gasteiger partial charge on any atom is -0.495 e. The number of hydrogen-bond acceptors (Lipinski definition) is 5. The van der Waals surface area contributed by atoms with Gasteiger partial charge in [-0.1, -0.05) is 29.3 Å². The maximum Gasteiger partial charge on any atom is 0.283 e. The van der Waals surface area contributed by atoms with E-state index in [0.717, 1.165) is 16.0 Å². The summed E-state index contributed by atoms with van der Waals surface area (Å²) < 4.78 is 5.25. The number of carbonyl (C=O) groups is 3. The van der Waals surface area contributed by atoms with Crippen LogP contribution in [0, 0.1) is 13.8 Å². The Morgan fingerprint density at radius 1 is 0.886 bits per heavy atom. The fourth-order valence-corrected chi connectivity index (χ4v) is 4.13. The van der Waals surface area contributed by atoms with E-state index in [1.807, 2.05) is 19.9 Å². The molecule has 0 saturated carbocycles. The van der Waals surface area contributed by atoms with Gasteiger partial charge in [0.05, 0.1) is 18.5 Å². The van der Waals surface area contributed by atoms with Crippen molar-refractivity contribution in [2.75, 3.05) is 22.6 Å². The van der Waals surface area contributed by atoms with Crippen LogP contribution in [0.1, 0.15) is 21.5 Å². The third-order valence-corrected chi connectivity index (χ3v) is 5.90. The van der Waals surface area contributed by atoms with Crippen molar-refractivity contribution in [3.63, 3.8) is 0 Å². The second kappa shape index (κ2) is 9.82. The molecule has 9 heteroatoms. The van der Waals surface area contributed by atoms with E-state index in [2.05, 4.69) is 10.6 Å². The Morgan fingerprint density at radius 3 is 2.17 bits per heavy atom. The van der Waals surface area contributed by atoms with Crippen molar-refractivity contribution >= 4 is 58.0 Å². The zero-order chi connectivity index (χ0) is 25.3. The number of anilines is 3. The highest BCUT2D eigenvalue weighted by Crippen LogP contribution is 2.32. The first kappa shape index (κ1) is 24.3. The molecule has 2 N–H and O–H groups in total. The van der Waals surface area contributed by atoms with E-state index in [0.29, 0.717) is 33.4 Å². The molecule has 0 aliphatic carbocycles. The van der Waals surface area contributed by atoms with Gasteiger partial charge in [0.2, 0.25) is 0 Å². The average Bonchev–Trinajstić information content (AvgIpc) is 3.02. The van der Waals surface area contributed by atoms with E-state index >= 15 is 0 Å². The SMILES string of the molecule is COc1ccc(Cl)cc1NC(=O)c1ccc(NC2=C(Cl)C(=O)N(c3cc(C)cc(C)c3)C2=O)cc1. The molecule has 0 bridgehead atoms. The number of nitrogens with one attached hydrogen (secondary N) is 2. The Morgan fingerprint density at radius 2 is 1.54 bits per heavy atom. The molecule has 4 rings (SSSR count). The van der Waals surface area contributed by atoms with Crippen molar-refractivity contribution in [1.29, 1.82) is 0 Å². The first-order chi connectivity index (χ1) is 16.7. The predicted octanol–water partition coefficient (Wildman–Crippen LogP) is 5.65. The van der Waals surface area contributed by atoms with Crippen molar-refractivity contribution in [1.82, 2.24) is 0 Å². The number of hydrogen-bond donors (Lipinski definition) is 2. The predicted molar refractivity (Wildman–Crippen MR) is 137 cm³/mol. The lowest BCUT2D eigenvalue weighted by molar-refractivity contribution is -0.120. The highest BCUT2D eigenvalue weighted by molar-refractivity contribution is 6.53. The lowest BCUT2D eigenvalue weighted by atomic mass is 10.1. The third-order valence-electron chi connectivity index (χ3n) is 5.32. The van der Waals surface area contributed by atoms with E-state index in [-0.39, 0.29) is 16.6 Å². The third kappa shape index (κ3) is 5.01. The summed E-state index contributed by atoms with van der Waals surface area (Å²) in [5.74, 6) is -1.06. The first-order valence-electron chi connectivity index (χ1n) is 10.6. The van der Waals surface area contributed by atoms with E-state index in [9.17, 15) is 14.4 Å². The summed E-state index contributed by atoms with van der Waals surface area (Å²) in [7, 11) is 1.50. The van der Waals surface area contributed by atoms with E-state index in [4.69, 9.17) is 27.9 Å². The number of benzene rings is 3. The molecule has 3 aromatic carbocycles. The molecule has 0 radical (unpaired) electrons. The van der Waals surface area contributed by atoms with Crippen LogP contribution in [0.15, 0.2) is 71.4 Å². The average molecular weight is 510 g/mol. The molecule has 0 unspecified atom stereocenters. The van der Waals surface area contributed by atoms with Gasteiger partial charge in [0.15, 0.2) is 0 Å². The molecule has 0 saturated heterocycles. The molecule has 3 amide bonds. The number of nitrogens with zero attached hydrogens (tertiary/aromatic N) is 1. The zero-order valence-electron chi connectivity index (χ0n) is 19.1. The van der Waals surface area contributed by atoms with Crippen LogP contribution in [0.25, 0.3) is 0 Å². The summed E-state index contributed by atoms with van der Waals surface area (Å²) in [5, 5.41) is 5.92. The van der Waals surface area contributed by atoms with Gasteiger partial charge in [0.25, 0.3) is 17.7 Å². The van der Waals surface area contributed by atoms with E-state index in [1.165, 1.54) is 7.11 Å².